The van der Waals surface area contributed by atoms with Gasteiger partial charge in [0.15, 0.2) is 11.6 Å². The first-order chi connectivity index (χ1) is 12.1. The maximum absolute atomic E-state index is 12.7. The van der Waals surface area contributed by atoms with Gasteiger partial charge in [-0.05, 0) is 38.3 Å². The molecule has 3 aliphatic rings. The number of H-pyrrole nitrogens is 1. The third-order valence-electron chi connectivity index (χ3n) is 4.87. The van der Waals surface area contributed by atoms with E-state index in [2.05, 4.69) is 19.7 Å². The number of pyridine rings is 1. The molecule has 0 radical (unpaired) electrons. The fourth-order valence-electron chi connectivity index (χ4n) is 3.69. The van der Waals surface area contributed by atoms with Crippen LogP contribution < -0.4 is 5.56 Å². The van der Waals surface area contributed by atoms with Crippen LogP contribution in [0.4, 0.5) is 0 Å². The van der Waals surface area contributed by atoms with Gasteiger partial charge >= 0.3 is 0 Å². The van der Waals surface area contributed by atoms with Gasteiger partial charge in [-0.1, -0.05) is 31.4 Å². The lowest BCUT2D eigenvalue weighted by Gasteiger charge is -2.14. The second kappa shape index (κ2) is 6.26. The molecular weight excluding hydrogens is 338 g/mol. The van der Waals surface area contributed by atoms with Crippen molar-refractivity contribution in [3.8, 4) is 22.8 Å². The van der Waals surface area contributed by atoms with Gasteiger partial charge in [-0.2, -0.15) is 4.98 Å². The summed E-state index contributed by atoms with van der Waals surface area (Å²) in [5.41, 5.74) is 2.76. The van der Waals surface area contributed by atoms with Gasteiger partial charge in [0.25, 0.3) is 5.56 Å². The molecule has 0 atom stereocenters. The molecule has 1 aromatic rings. The Balaban J connectivity index is 1.94. The molecule has 1 aromatic heterocycles. The summed E-state index contributed by atoms with van der Waals surface area (Å²) in [6, 6.07) is 3.91. The zero-order valence-corrected chi connectivity index (χ0v) is 15.1. The lowest BCUT2D eigenvalue weighted by Crippen LogP contribution is -2.17. The minimum Gasteiger partial charge on any atom is -0.300 e. The van der Waals surface area contributed by atoms with Crippen LogP contribution in [0.3, 0.4) is 0 Å². The lowest BCUT2D eigenvalue weighted by molar-refractivity contribution is 0.464. The van der Waals surface area contributed by atoms with Crippen LogP contribution in [0.15, 0.2) is 16.9 Å². The van der Waals surface area contributed by atoms with Crippen molar-refractivity contribution in [2.75, 3.05) is 0 Å². The molecule has 0 spiro atoms. The Bertz CT molecular complexity index is 934. The van der Waals surface area contributed by atoms with E-state index >= 15 is 0 Å². The van der Waals surface area contributed by atoms with E-state index in [4.69, 9.17) is 16.6 Å². The molecule has 4 rings (SSSR count). The van der Waals surface area contributed by atoms with Gasteiger partial charge in [-0.3, -0.25) is 14.6 Å². The lowest BCUT2D eigenvalue weighted by atomic mass is 10.1. The number of halogens is 1. The minimum atomic E-state index is -0.240. The van der Waals surface area contributed by atoms with E-state index in [9.17, 15) is 4.79 Å². The highest BCUT2D eigenvalue weighted by Gasteiger charge is 2.27. The van der Waals surface area contributed by atoms with Crippen LogP contribution in [0.25, 0.3) is 22.8 Å². The number of nitrogens with zero attached hydrogens (tertiary/aromatic N) is 4. The van der Waals surface area contributed by atoms with Crippen LogP contribution in [0.2, 0.25) is 5.15 Å². The summed E-state index contributed by atoms with van der Waals surface area (Å²) < 4.78 is 2.07. The highest BCUT2D eigenvalue weighted by atomic mass is 35.5. The summed E-state index contributed by atoms with van der Waals surface area (Å²) in [5.74, 6) is 1.10. The second-order valence-electron chi connectivity index (χ2n) is 6.62. The third kappa shape index (κ3) is 2.84. The summed E-state index contributed by atoms with van der Waals surface area (Å²) in [4.78, 5) is 25.8. The molecule has 1 fully saturated rings. The maximum atomic E-state index is 12.7. The molecule has 1 aliphatic carbocycles. The van der Waals surface area contributed by atoms with Gasteiger partial charge in [0.05, 0.1) is 6.04 Å². The number of aromatic nitrogens is 5. The third-order valence-corrected chi connectivity index (χ3v) is 5.06. The standard InChI is InChI=1S/C18H20ClN5O/c1-3-13-15-17(24(23-13)12-6-4-5-7-12)21-16(22-18(15)25)11-8-10(2)20-14(19)9-11/h8-9,12,23H,3-7H2,1-2H3. The van der Waals surface area contributed by atoms with E-state index in [-0.39, 0.29) is 5.56 Å². The Kier molecular flexibility index (Phi) is 4.07. The zero-order valence-electron chi connectivity index (χ0n) is 14.3. The molecule has 1 saturated carbocycles. The quantitative estimate of drug-likeness (QED) is 0.724. The first kappa shape index (κ1) is 16.3. The SMILES string of the molecule is CCc1[nH]n(C2CCCC2)c2nc(-c3cc(C)nc(Cl)c3)nc(=O)c1-2. The van der Waals surface area contributed by atoms with Crippen LogP contribution in [0.5, 0.6) is 0 Å². The number of fused-ring (bicyclic) bond motifs is 1. The fourth-order valence-corrected chi connectivity index (χ4v) is 3.94. The van der Waals surface area contributed by atoms with E-state index in [1.165, 1.54) is 12.8 Å². The van der Waals surface area contributed by atoms with Crippen LogP contribution in [-0.2, 0) is 6.42 Å². The highest BCUT2D eigenvalue weighted by Crippen LogP contribution is 2.34. The van der Waals surface area contributed by atoms with E-state index in [0.717, 1.165) is 30.7 Å². The Labute approximate surface area is 150 Å². The number of hydrogen-bond donors (Lipinski definition) is 1. The van der Waals surface area contributed by atoms with E-state index in [1.54, 1.807) is 6.07 Å². The van der Waals surface area contributed by atoms with Crippen LogP contribution in [0, 0.1) is 6.92 Å². The average molecular weight is 358 g/mol. The molecular formula is C18H20ClN5O. The van der Waals surface area contributed by atoms with Gasteiger partial charge in [-0.25, -0.2) is 9.97 Å². The highest BCUT2D eigenvalue weighted by molar-refractivity contribution is 6.29. The Morgan fingerprint density at radius 1 is 1.24 bits per heavy atom. The van der Waals surface area contributed by atoms with Crippen LogP contribution in [-0.4, -0.2) is 24.7 Å². The molecule has 7 heteroatoms. The molecule has 0 unspecified atom stereocenters. The number of nitrogens with one attached hydrogen (secondary N) is 1. The Hall–Kier alpha value is -2.21. The summed E-state index contributed by atoms with van der Waals surface area (Å²) in [6.07, 6.45) is 5.38. The number of hydrogen-bond acceptors (Lipinski definition) is 4. The van der Waals surface area contributed by atoms with Gasteiger partial charge in [0, 0.05) is 17.0 Å². The Morgan fingerprint density at radius 3 is 2.68 bits per heavy atom. The van der Waals surface area contributed by atoms with Crippen LogP contribution in [0.1, 0.15) is 50.0 Å². The van der Waals surface area contributed by atoms with Crippen molar-refractivity contribution >= 4 is 11.6 Å². The molecule has 25 heavy (non-hydrogen) atoms. The molecule has 6 nitrogen and oxygen atoms in total. The molecule has 3 heterocycles. The first-order valence-electron chi connectivity index (χ1n) is 8.72. The smallest absolute Gasteiger partial charge is 0.284 e. The zero-order chi connectivity index (χ0) is 17.6. The number of aryl methyl sites for hydroxylation is 2. The normalized spacial score (nSPS) is 15.3. The van der Waals surface area contributed by atoms with E-state index in [1.807, 2.05) is 19.9 Å². The Morgan fingerprint density at radius 2 is 2.00 bits per heavy atom. The van der Waals surface area contributed by atoms with Crippen molar-refractivity contribution in [2.45, 2.75) is 52.0 Å². The molecule has 0 saturated heterocycles. The topological polar surface area (TPSA) is 76.5 Å². The van der Waals surface area contributed by atoms with Crippen molar-refractivity contribution in [3.63, 3.8) is 0 Å². The number of aromatic amines is 1. The molecule has 0 amide bonds. The number of rotatable bonds is 3. The molecule has 0 aromatic carbocycles. The van der Waals surface area contributed by atoms with Crippen LogP contribution >= 0.6 is 11.6 Å². The monoisotopic (exact) mass is 357 g/mol. The van der Waals surface area contributed by atoms with Crippen molar-refractivity contribution in [2.24, 2.45) is 0 Å². The fraction of sp³-hybridized carbons (Fsp3) is 0.444. The van der Waals surface area contributed by atoms with Crippen molar-refractivity contribution in [3.05, 3.63) is 39.0 Å². The van der Waals surface area contributed by atoms with Gasteiger partial charge in [-0.15, -0.1) is 0 Å². The van der Waals surface area contributed by atoms with Gasteiger partial charge in [0.1, 0.15) is 10.7 Å². The van der Waals surface area contributed by atoms with Gasteiger partial charge in [0.2, 0.25) is 0 Å². The van der Waals surface area contributed by atoms with E-state index in [0.29, 0.717) is 34.0 Å². The molecule has 0 bridgehead atoms. The maximum Gasteiger partial charge on any atom is 0.284 e. The van der Waals surface area contributed by atoms with Crippen molar-refractivity contribution in [1.82, 2.24) is 24.7 Å². The summed E-state index contributed by atoms with van der Waals surface area (Å²) in [5, 5.41) is 3.77. The molecule has 1 N–H and O–H groups in total. The summed E-state index contributed by atoms with van der Waals surface area (Å²) in [6.45, 7) is 3.89. The first-order valence-corrected chi connectivity index (χ1v) is 9.10. The molecule has 130 valence electrons. The van der Waals surface area contributed by atoms with Crippen molar-refractivity contribution < 1.29 is 0 Å². The van der Waals surface area contributed by atoms with Gasteiger partial charge < -0.3 is 0 Å². The predicted octanol–water partition coefficient (Wildman–Crippen LogP) is 3.77. The molecule has 2 aliphatic heterocycles. The van der Waals surface area contributed by atoms with Crippen molar-refractivity contribution in [1.29, 1.82) is 0 Å². The summed E-state index contributed by atoms with van der Waals surface area (Å²) in [7, 11) is 0. The van der Waals surface area contributed by atoms with E-state index < -0.39 is 0 Å². The summed E-state index contributed by atoms with van der Waals surface area (Å²) >= 11 is 6.06. The largest absolute Gasteiger partial charge is 0.300 e. The predicted molar refractivity (Wildman–Crippen MR) is 97.1 cm³/mol. The average Bonchev–Trinajstić information content (AvgIpc) is 3.21. The minimum absolute atomic E-state index is 0.240. The second-order valence-corrected chi connectivity index (χ2v) is 7.01.